The lowest BCUT2D eigenvalue weighted by Crippen LogP contribution is -2.58. The molecular weight excluding hydrogens is 596 g/mol. The lowest BCUT2D eigenvalue weighted by atomic mass is 10.0. The van der Waals surface area contributed by atoms with Crippen LogP contribution in [0.4, 0.5) is 0 Å². The van der Waals surface area contributed by atoms with Gasteiger partial charge in [-0.3, -0.25) is 19.2 Å². The Hall–Kier alpha value is -5.70. The van der Waals surface area contributed by atoms with E-state index in [4.69, 9.17) is 11.5 Å². The van der Waals surface area contributed by atoms with Crippen molar-refractivity contribution in [2.45, 2.75) is 56.3 Å². The summed E-state index contributed by atoms with van der Waals surface area (Å²) < 4.78 is 0. The molecular formula is C31H36N8O7. The van der Waals surface area contributed by atoms with Gasteiger partial charge in [-0.15, -0.1) is 0 Å². The number of H-pyrrole nitrogens is 2. The van der Waals surface area contributed by atoms with E-state index in [9.17, 15) is 34.2 Å². The third-order valence-electron chi connectivity index (χ3n) is 7.37. The van der Waals surface area contributed by atoms with Crippen LogP contribution in [0, 0.1) is 0 Å². The van der Waals surface area contributed by atoms with Crippen molar-refractivity contribution < 1.29 is 34.2 Å². The first-order valence-electron chi connectivity index (χ1n) is 14.5. The minimum Gasteiger partial charge on any atom is -0.508 e. The summed E-state index contributed by atoms with van der Waals surface area (Å²) in [4.78, 5) is 73.8. The van der Waals surface area contributed by atoms with Crippen LogP contribution in [0.5, 0.6) is 5.75 Å². The van der Waals surface area contributed by atoms with Crippen LogP contribution in [0.25, 0.3) is 10.9 Å². The molecule has 0 aliphatic heterocycles. The minimum absolute atomic E-state index is 0.00886. The van der Waals surface area contributed by atoms with Crippen LogP contribution >= 0.6 is 0 Å². The van der Waals surface area contributed by atoms with Gasteiger partial charge in [0.2, 0.25) is 23.6 Å². The van der Waals surface area contributed by atoms with E-state index in [-0.39, 0.29) is 37.9 Å². The number of phenols is 1. The zero-order valence-corrected chi connectivity index (χ0v) is 24.7. The van der Waals surface area contributed by atoms with Gasteiger partial charge >= 0.3 is 5.97 Å². The molecule has 4 aromatic rings. The molecule has 0 saturated carbocycles. The molecule has 15 heteroatoms. The Balaban J connectivity index is 1.54. The molecule has 4 atom stereocenters. The second-order valence-electron chi connectivity index (χ2n) is 10.8. The van der Waals surface area contributed by atoms with Gasteiger partial charge in [-0.2, -0.15) is 0 Å². The minimum atomic E-state index is -1.40. The Kier molecular flexibility index (Phi) is 11.1. The molecule has 0 spiro atoms. The monoisotopic (exact) mass is 632 g/mol. The lowest BCUT2D eigenvalue weighted by Gasteiger charge is -2.25. The Morgan fingerprint density at radius 3 is 2.17 bits per heavy atom. The van der Waals surface area contributed by atoms with Crippen molar-refractivity contribution in [2.75, 3.05) is 0 Å². The fourth-order valence-electron chi connectivity index (χ4n) is 4.90. The maximum absolute atomic E-state index is 13.8. The number of aromatic amines is 2. The topological polar surface area (TPSA) is 258 Å². The third-order valence-corrected chi connectivity index (χ3v) is 7.37. The standard InChI is InChI=1S/C31H36N8O7/c32-22(13-19-15-34-16-36-19)28(42)38-25(12-18-14-35-23-4-2-1-3-21(18)23)30(44)37-24(9-10-27(33)41)29(43)39-26(31(45)46)11-17-5-7-20(40)8-6-17/h1-8,14-16,22,24-26,35,40H,9-13,32H2,(H2,33,41)(H,34,36)(H,37,44)(H,38,42)(H,39,43)(H,45,46). The van der Waals surface area contributed by atoms with Crippen LogP contribution in [0.2, 0.25) is 0 Å². The van der Waals surface area contributed by atoms with Gasteiger partial charge in [0, 0.05) is 54.7 Å². The second kappa shape index (κ2) is 15.3. The van der Waals surface area contributed by atoms with E-state index in [0.29, 0.717) is 16.8 Å². The summed E-state index contributed by atoms with van der Waals surface area (Å²) in [6.07, 6.45) is 4.18. The average molecular weight is 633 g/mol. The van der Waals surface area contributed by atoms with Crippen molar-refractivity contribution in [3.63, 3.8) is 0 Å². The number of aliphatic carboxylic acids is 1. The van der Waals surface area contributed by atoms with Crippen molar-refractivity contribution in [3.05, 3.63) is 84.1 Å². The second-order valence-corrected chi connectivity index (χ2v) is 10.8. The normalized spacial score (nSPS) is 13.7. The molecule has 2 aromatic carbocycles. The molecule has 0 fully saturated rings. The van der Waals surface area contributed by atoms with Gasteiger partial charge in [0.25, 0.3) is 0 Å². The molecule has 11 N–H and O–H groups in total. The van der Waals surface area contributed by atoms with Gasteiger partial charge in [0.15, 0.2) is 0 Å². The fraction of sp³-hybridized carbons (Fsp3) is 0.290. The number of nitrogens with zero attached hydrogens (tertiary/aromatic N) is 1. The van der Waals surface area contributed by atoms with Gasteiger partial charge in [-0.05, 0) is 35.7 Å². The Labute approximate surface area is 263 Å². The number of para-hydroxylation sites is 1. The summed E-state index contributed by atoms with van der Waals surface area (Å²) in [5.74, 6) is -4.34. The largest absolute Gasteiger partial charge is 0.508 e. The van der Waals surface area contributed by atoms with Gasteiger partial charge in [0.1, 0.15) is 23.9 Å². The number of hydrogen-bond acceptors (Lipinski definition) is 8. The Morgan fingerprint density at radius 1 is 0.826 bits per heavy atom. The molecule has 2 heterocycles. The number of phenolic OH excluding ortho intramolecular Hbond substituents is 1. The van der Waals surface area contributed by atoms with Crippen molar-refractivity contribution >= 4 is 40.5 Å². The number of primary amides is 1. The van der Waals surface area contributed by atoms with Crippen molar-refractivity contribution in [1.29, 1.82) is 0 Å². The van der Waals surface area contributed by atoms with E-state index < -0.39 is 53.8 Å². The highest BCUT2D eigenvalue weighted by Crippen LogP contribution is 2.19. The highest BCUT2D eigenvalue weighted by molar-refractivity contribution is 5.95. The first-order chi connectivity index (χ1) is 22.0. The number of aromatic hydroxyl groups is 1. The van der Waals surface area contributed by atoms with Gasteiger partial charge in [0.05, 0.1) is 12.4 Å². The molecule has 15 nitrogen and oxygen atoms in total. The van der Waals surface area contributed by atoms with E-state index in [1.807, 2.05) is 24.3 Å². The van der Waals surface area contributed by atoms with Crippen LogP contribution in [0.1, 0.15) is 29.7 Å². The number of hydrogen-bond donors (Lipinski definition) is 9. The number of benzene rings is 2. The zero-order valence-electron chi connectivity index (χ0n) is 24.7. The van der Waals surface area contributed by atoms with Crippen LogP contribution in [0.15, 0.2) is 67.3 Å². The number of carboxylic acids is 1. The van der Waals surface area contributed by atoms with Crippen molar-refractivity contribution in [2.24, 2.45) is 11.5 Å². The number of carbonyl (C=O) groups is 5. The van der Waals surface area contributed by atoms with Gasteiger partial charge in [-0.25, -0.2) is 9.78 Å². The van der Waals surface area contributed by atoms with Crippen molar-refractivity contribution in [3.8, 4) is 5.75 Å². The summed E-state index contributed by atoms with van der Waals surface area (Å²) in [7, 11) is 0. The molecule has 0 aliphatic rings. The maximum Gasteiger partial charge on any atom is 0.326 e. The van der Waals surface area contributed by atoms with Gasteiger partial charge < -0.3 is 47.6 Å². The van der Waals surface area contributed by atoms with E-state index in [1.54, 1.807) is 6.20 Å². The SMILES string of the molecule is NC(=O)CCC(NC(=O)C(Cc1c[nH]c2ccccc12)NC(=O)C(N)Cc1cnc[nH]1)C(=O)NC(Cc1ccc(O)cc1)C(=O)O. The van der Waals surface area contributed by atoms with E-state index in [0.717, 1.165) is 10.9 Å². The van der Waals surface area contributed by atoms with Crippen LogP contribution < -0.4 is 27.4 Å². The van der Waals surface area contributed by atoms with Crippen LogP contribution in [-0.2, 0) is 43.2 Å². The van der Waals surface area contributed by atoms with Gasteiger partial charge in [-0.1, -0.05) is 30.3 Å². The summed E-state index contributed by atoms with van der Waals surface area (Å²) in [5.41, 5.74) is 14.1. The number of amides is 4. The first kappa shape index (κ1) is 33.2. The van der Waals surface area contributed by atoms with Crippen LogP contribution in [0.3, 0.4) is 0 Å². The summed E-state index contributed by atoms with van der Waals surface area (Å²) in [6, 6.07) is 8.15. The van der Waals surface area contributed by atoms with Crippen molar-refractivity contribution in [1.82, 2.24) is 30.9 Å². The summed E-state index contributed by atoms with van der Waals surface area (Å²) in [5, 5.41) is 27.8. The van der Waals surface area contributed by atoms with E-state index in [1.165, 1.54) is 36.8 Å². The molecule has 0 radical (unpaired) electrons. The number of imidazole rings is 1. The Morgan fingerprint density at radius 2 is 1.50 bits per heavy atom. The number of rotatable bonds is 16. The smallest absolute Gasteiger partial charge is 0.326 e. The fourth-order valence-corrected chi connectivity index (χ4v) is 4.90. The van der Waals surface area contributed by atoms with E-state index in [2.05, 4.69) is 30.9 Å². The molecule has 4 amide bonds. The molecule has 242 valence electrons. The first-order valence-corrected chi connectivity index (χ1v) is 14.5. The predicted molar refractivity (Wildman–Crippen MR) is 166 cm³/mol. The number of nitrogens with two attached hydrogens (primary N) is 2. The lowest BCUT2D eigenvalue weighted by molar-refractivity contribution is -0.142. The average Bonchev–Trinajstić information content (AvgIpc) is 3.69. The molecule has 0 saturated heterocycles. The van der Waals surface area contributed by atoms with E-state index >= 15 is 0 Å². The molecule has 0 bridgehead atoms. The molecule has 4 rings (SSSR count). The molecule has 4 unspecified atom stereocenters. The number of carbonyl (C=O) groups excluding carboxylic acids is 4. The number of aromatic nitrogens is 3. The summed E-state index contributed by atoms with van der Waals surface area (Å²) >= 11 is 0. The number of fused-ring (bicyclic) bond motifs is 1. The van der Waals surface area contributed by atoms with Crippen LogP contribution in [-0.4, -0.2) is 78.9 Å². The Bertz CT molecular complexity index is 1670. The summed E-state index contributed by atoms with van der Waals surface area (Å²) in [6.45, 7) is 0. The number of nitrogens with one attached hydrogen (secondary N) is 5. The molecule has 0 aliphatic carbocycles. The third kappa shape index (κ3) is 9.15. The maximum atomic E-state index is 13.8. The predicted octanol–water partition coefficient (Wildman–Crippen LogP) is -0.244. The zero-order chi connectivity index (χ0) is 33.2. The highest BCUT2D eigenvalue weighted by atomic mass is 16.4. The molecule has 2 aromatic heterocycles. The number of carboxylic acid groups (broad SMARTS) is 1. The highest BCUT2D eigenvalue weighted by Gasteiger charge is 2.31. The molecule has 46 heavy (non-hydrogen) atoms. The quantitative estimate of drug-likeness (QED) is 0.0788.